The smallest absolute Gasteiger partial charge is 0.284 e. The molecule has 1 aromatic heterocycles. The monoisotopic (exact) mass is 462 g/mol. The molecule has 0 aliphatic carbocycles. The van der Waals surface area contributed by atoms with Crippen LogP contribution in [-0.2, 0) is 0 Å². The molecule has 0 radical (unpaired) electrons. The molecule has 0 spiro atoms. The van der Waals surface area contributed by atoms with Gasteiger partial charge in [-0.3, -0.25) is 9.59 Å². The van der Waals surface area contributed by atoms with Gasteiger partial charge in [0.15, 0.2) is 6.10 Å². The molecule has 0 saturated carbocycles. The quantitative estimate of drug-likeness (QED) is 0.547. The highest BCUT2D eigenvalue weighted by Gasteiger charge is 2.30. The first-order valence-corrected chi connectivity index (χ1v) is 9.41. The first-order valence-electron chi connectivity index (χ1n) is 9.03. The van der Waals surface area contributed by atoms with Crippen molar-refractivity contribution in [1.82, 2.24) is 15.1 Å². The zero-order valence-corrected chi connectivity index (χ0v) is 16.8. The van der Waals surface area contributed by atoms with Crippen LogP contribution in [0.4, 0.5) is 13.2 Å². The van der Waals surface area contributed by atoms with Gasteiger partial charge in [0.05, 0.1) is 23.0 Å². The molecular formula is C21H14ClF3N4O3. The summed E-state index contributed by atoms with van der Waals surface area (Å²) in [7, 11) is 0. The average molecular weight is 463 g/mol. The molecule has 0 aliphatic heterocycles. The highest BCUT2D eigenvalue weighted by atomic mass is 35.5. The number of rotatable bonds is 6. The minimum atomic E-state index is -3.45. The van der Waals surface area contributed by atoms with Crippen molar-refractivity contribution in [2.24, 2.45) is 0 Å². The molecule has 1 unspecified atom stereocenters. The van der Waals surface area contributed by atoms with E-state index in [1.807, 2.05) is 6.07 Å². The molecular weight excluding hydrogens is 449 g/mol. The Hall–Kier alpha value is -3.68. The number of aliphatic hydroxyl groups excluding tert-OH is 1. The highest BCUT2D eigenvalue weighted by molar-refractivity contribution is 6.30. The van der Waals surface area contributed by atoms with Gasteiger partial charge in [-0.1, -0.05) is 29.8 Å². The standard InChI is InChI=1S/C21H14ClF3N4O3/c22-13-6-4-12(5-7-13)16-9-15(20(31)27-19(25)17(30)18(23)24)21(32)29(28-16)14-3-1-2-11(8-14)10-26/h1-9,17-19,30H,(H,27,31)/t17-,19?/m0/s1. The number of nitriles is 1. The topological polar surface area (TPSA) is 108 Å². The number of nitrogens with zero attached hydrogens (tertiary/aromatic N) is 3. The Morgan fingerprint density at radius 3 is 2.47 bits per heavy atom. The summed E-state index contributed by atoms with van der Waals surface area (Å²) in [5, 5.41) is 24.4. The van der Waals surface area contributed by atoms with Crippen LogP contribution in [0.1, 0.15) is 15.9 Å². The van der Waals surface area contributed by atoms with Gasteiger partial charge in [0, 0.05) is 10.6 Å². The summed E-state index contributed by atoms with van der Waals surface area (Å²) < 4.78 is 39.8. The van der Waals surface area contributed by atoms with Gasteiger partial charge in [-0.05, 0) is 36.4 Å². The maximum Gasteiger partial charge on any atom is 0.284 e. The summed E-state index contributed by atoms with van der Waals surface area (Å²) in [4.78, 5) is 25.5. The van der Waals surface area contributed by atoms with Crippen LogP contribution in [0.5, 0.6) is 0 Å². The Kier molecular flexibility index (Phi) is 6.92. The van der Waals surface area contributed by atoms with Crippen LogP contribution in [0, 0.1) is 11.3 Å². The highest BCUT2D eigenvalue weighted by Crippen LogP contribution is 2.21. The van der Waals surface area contributed by atoms with E-state index in [0.29, 0.717) is 10.6 Å². The van der Waals surface area contributed by atoms with Gasteiger partial charge in [0.1, 0.15) is 5.56 Å². The van der Waals surface area contributed by atoms with Gasteiger partial charge in [-0.25, -0.2) is 13.2 Å². The van der Waals surface area contributed by atoms with Crippen molar-refractivity contribution in [2.45, 2.75) is 18.8 Å². The van der Waals surface area contributed by atoms with E-state index in [2.05, 4.69) is 5.10 Å². The van der Waals surface area contributed by atoms with Gasteiger partial charge in [0.25, 0.3) is 17.9 Å². The van der Waals surface area contributed by atoms with E-state index in [9.17, 15) is 22.8 Å². The first-order chi connectivity index (χ1) is 15.2. The minimum absolute atomic E-state index is 0.110. The van der Waals surface area contributed by atoms with E-state index in [4.69, 9.17) is 22.0 Å². The Labute approximate surface area is 184 Å². The molecule has 1 heterocycles. The van der Waals surface area contributed by atoms with Crippen LogP contribution >= 0.6 is 11.6 Å². The molecule has 7 nitrogen and oxygen atoms in total. The summed E-state index contributed by atoms with van der Waals surface area (Å²) in [5.41, 5.74) is -0.701. The van der Waals surface area contributed by atoms with Gasteiger partial charge in [0.2, 0.25) is 6.30 Å². The van der Waals surface area contributed by atoms with Crippen molar-refractivity contribution in [3.8, 4) is 23.0 Å². The number of hydrogen-bond acceptors (Lipinski definition) is 5. The number of amides is 1. The molecule has 0 aliphatic rings. The van der Waals surface area contributed by atoms with E-state index in [0.717, 1.165) is 10.7 Å². The van der Waals surface area contributed by atoms with Crippen molar-refractivity contribution in [3.63, 3.8) is 0 Å². The molecule has 0 fully saturated rings. The normalized spacial score (nSPS) is 12.8. The van der Waals surface area contributed by atoms with Gasteiger partial charge >= 0.3 is 0 Å². The van der Waals surface area contributed by atoms with Crippen LogP contribution in [0.15, 0.2) is 59.4 Å². The Balaban J connectivity index is 2.14. The Bertz CT molecular complexity index is 1240. The maximum absolute atomic E-state index is 13.9. The van der Waals surface area contributed by atoms with Crippen molar-refractivity contribution < 1.29 is 23.1 Å². The number of nitrogens with one attached hydrogen (secondary N) is 1. The fourth-order valence-electron chi connectivity index (χ4n) is 2.72. The van der Waals surface area contributed by atoms with Crippen molar-refractivity contribution in [1.29, 1.82) is 5.26 Å². The number of halogens is 4. The van der Waals surface area contributed by atoms with Crippen molar-refractivity contribution in [3.05, 3.63) is 81.1 Å². The first kappa shape index (κ1) is 23.0. The van der Waals surface area contributed by atoms with Crippen molar-refractivity contribution >= 4 is 17.5 Å². The number of benzene rings is 2. The zero-order chi connectivity index (χ0) is 23.4. The lowest BCUT2D eigenvalue weighted by molar-refractivity contribution is -0.0551. The van der Waals surface area contributed by atoms with Crippen molar-refractivity contribution in [2.75, 3.05) is 0 Å². The van der Waals surface area contributed by atoms with E-state index in [1.54, 1.807) is 29.6 Å². The second kappa shape index (κ2) is 9.64. The summed E-state index contributed by atoms with van der Waals surface area (Å²) >= 11 is 5.88. The maximum atomic E-state index is 13.9. The summed E-state index contributed by atoms with van der Waals surface area (Å²) in [5.74, 6) is -1.33. The lowest BCUT2D eigenvalue weighted by atomic mass is 10.1. The van der Waals surface area contributed by atoms with Gasteiger partial charge in [-0.2, -0.15) is 15.0 Å². The number of carbonyl (C=O) groups excluding carboxylic acids is 1. The molecule has 3 aromatic rings. The van der Waals surface area contributed by atoms with Crippen LogP contribution in [0.2, 0.25) is 5.02 Å². The second-order valence-electron chi connectivity index (χ2n) is 6.53. The predicted molar refractivity (Wildman–Crippen MR) is 109 cm³/mol. The van der Waals surface area contributed by atoms with E-state index < -0.39 is 35.9 Å². The molecule has 11 heteroatoms. The summed E-state index contributed by atoms with van der Waals surface area (Å²) in [6.07, 6.45) is -9.03. The average Bonchev–Trinajstić information content (AvgIpc) is 2.79. The number of hydrogen-bond donors (Lipinski definition) is 2. The number of carbonyl (C=O) groups is 1. The SMILES string of the molecule is N#Cc1cccc(-n2nc(-c3ccc(Cl)cc3)cc(C(=O)NC(F)[C@@H](O)C(F)F)c2=O)c1. The molecule has 2 N–H and O–H groups in total. The molecule has 164 valence electrons. The largest absolute Gasteiger partial charge is 0.382 e. The Morgan fingerprint density at radius 2 is 1.84 bits per heavy atom. The molecule has 0 bridgehead atoms. The van der Waals surface area contributed by atoms with Gasteiger partial charge < -0.3 is 10.4 Å². The number of aromatic nitrogens is 2. The third-order valence-corrected chi connectivity index (χ3v) is 4.59. The van der Waals surface area contributed by atoms with Crippen LogP contribution in [-0.4, -0.2) is 39.6 Å². The van der Waals surface area contributed by atoms with Crippen LogP contribution < -0.4 is 10.9 Å². The molecule has 2 atom stereocenters. The van der Waals surface area contributed by atoms with Crippen LogP contribution in [0.3, 0.4) is 0 Å². The van der Waals surface area contributed by atoms with Crippen LogP contribution in [0.25, 0.3) is 16.9 Å². The molecule has 2 aromatic carbocycles. The molecule has 3 rings (SSSR count). The predicted octanol–water partition coefficient (Wildman–Crippen LogP) is 3.08. The summed E-state index contributed by atoms with van der Waals surface area (Å²) in [6.45, 7) is 0. The third kappa shape index (κ3) is 4.96. The van der Waals surface area contributed by atoms with Gasteiger partial charge in [-0.15, -0.1) is 0 Å². The molecule has 32 heavy (non-hydrogen) atoms. The Morgan fingerprint density at radius 1 is 1.16 bits per heavy atom. The second-order valence-corrected chi connectivity index (χ2v) is 6.97. The summed E-state index contributed by atoms with van der Waals surface area (Å²) in [6, 6.07) is 15.0. The number of aliphatic hydroxyl groups is 1. The van der Waals surface area contributed by atoms with E-state index >= 15 is 0 Å². The molecule has 1 amide bonds. The van der Waals surface area contributed by atoms with E-state index in [1.165, 1.54) is 24.3 Å². The fraction of sp³-hybridized carbons (Fsp3) is 0.143. The minimum Gasteiger partial charge on any atom is -0.382 e. The fourth-order valence-corrected chi connectivity index (χ4v) is 2.84. The van der Waals surface area contributed by atoms with E-state index in [-0.39, 0.29) is 16.9 Å². The molecule has 0 saturated heterocycles. The lowest BCUT2D eigenvalue weighted by Crippen LogP contribution is -2.45. The third-order valence-electron chi connectivity index (χ3n) is 4.34. The zero-order valence-electron chi connectivity index (χ0n) is 16.0. The lowest BCUT2D eigenvalue weighted by Gasteiger charge is -2.17. The number of alkyl halides is 3.